The van der Waals surface area contributed by atoms with Crippen LogP contribution in [0.1, 0.15) is 34.4 Å². The number of hydrogen-bond donors (Lipinski definition) is 0. The Morgan fingerprint density at radius 1 is 0.963 bits per heavy atom. The number of benzene rings is 2. The second-order valence-corrected chi connectivity index (χ2v) is 8.05. The summed E-state index contributed by atoms with van der Waals surface area (Å²) in [4.78, 5) is 17.2. The smallest absolute Gasteiger partial charge is 0.185 e. The van der Waals surface area contributed by atoms with Crippen LogP contribution in [0.25, 0.3) is 11.0 Å². The number of fused-ring (bicyclic) bond motifs is 2. The molecule has 0 fully saturated rings. The van der Waals surface area contributed by atoms with Gasteiger partial charge in [0.1, 0.15) is 0 Å². The standard InChI is InChI=1S/C22H20N4S/c1-15(17-6-7-19-20(12-17)24-10-9-23-19)21-13-25-22(27-21)26-11-8-16-4-2-3-5-18(16)14-26/h2-7,9-10,12-13,15H,8,11,14H2,1H3. The van der Waals surface area contributed by atoms with Crippen LogP contribution in [-0.2, 0) is 13.0 Å². The number of rotatable bonds is 3. The van der Waals surface area contributed by atoms with Gasteiger partial charge >= 0.3 is 0 Å². The average molecular weight is 372 g/mol. The maximum absolute atomic E-state index is 4.74. The van der Waals surface area contributed by atoms with Crippen LogP contribution in [0.2, 0.25) is 0 Å². The molecule has 0 N–H and O–H groups in total. The molecule has 27 heavy (non-hydrogen) atoms. The van der Waals surface area contributed by atoms with E-state index in [0.29, 0.717) is 5.92 Å². The van der Waals surface area contributed by atoms with Crippen molar-refractivity contribution in [3.8, 4) is 0 Å². The monoisotopic (exact) mass is 372 g/mol. The van der Waals surface area contributed by atoms with E-state index in [2.05, 4.69) is 64.3 Å². The molecule has 1 atom stereocenters. The molecular formula is C22H20N4S. The highest BCUT2D eigenvalue weighted by Gasteiger charge is 2.20. The van der Waals surface area contributed by atoms with Crippen LogP contribution in [0.3, 0.4) is 0 Å². The van der Waals surface area contributed by atoms with Crippen LogP contribution < -0.4 is 4.90 Å². The highest BCUT2D eigenvalue weighted by Crippen LogP contribution is 2.34. The average Bonchev–Trinajstić information content (AvgIpc) is 3.23. The minimum atomic E-state index is 0.291. The van der Waals surface area contributed by atoms with Crippen molar-refractivity contribution in [1.82, 2.24) is 15.0 Å². The van der Waals surface area contributed by atoms with Gasteiger partial charge in [0.2, 0.25) is 0 Å². The minimum Gasteiger partial charge on any atom is -0.343 e. The quantitative estimate of drug-likeness (QED) is 0.518. The Hall–Kier alpha value is -2.79. The normalized spacial score (nSPS) is 14.9. The first-order chi connectivity index (χ1) is 13.3. The maximum Gasteiger partial charge on any atom is 0.185 e. The van der Waals surface area contributed by atoms with Gasteiger partial charge in [-0.3, -0.25) is 9.97 Å². The Morgan fingerprint density at radius 2 is 1.78 bits per heavy atom. The second kappa shape index (κ2) is 6.74. The molecule has 0 saturated heterocycles. The van der Waals surface area contributed by atoms with E-state index in [9.17, 15) is 0 Å². The molecule has 4 aromatic rings. The van der Waals surface area contributed by atoms with Gasteiger partial charge in [-0.05, 0) is 35.2 Å². The lowest BCUT2D eigenvalue weighted by molar-refractivity contribution is 0.729. The first kappa shape index (κ1) is 16.4. The summed E-state index contributed by atoms with van der Waals surface area (Å²) >= 11 is 1.80. The Labute approximate surface area is 162 Å². The summed E-state index contributed by atoms with van der Waals surface area (Å²) in [5, 5.41) is 1.12. The van der Waals surface area contributed by atoms with Gasteiger partial charge in [0.25, 0.3) is 0 Å². The van der Waals surface area contributed by atoms with Gasteiger partial charge in [0.05, 0.1) is 11.0 Å². The van der Waals surface area contributed by atoms with E-state index in [4.69, 9.17) is 4.98 Å². The molecule has 1 aliphatic heterocycles. The predicted molar refractivity (Wildman–Crippen MR) is 110 cm³/mol. The molecule has 0 saturated carbocycles. The van der Waals surface area contributed by atoms with E-state index < -0.39 is 0 Å². The third-order valence-electron chi connectivity index (χ3n) is 5.33. The van der Waals surface area contributed by atoms with E-state index >= 15 is 0 Å². The molecule has 0 spiro atoms. The second-order valence-electron chi connectivity index (χ2n) is 7.01. The van der Waals surface area contributed by atoms with Crippen molar-refractivity contribution in [2.24, 2.45) is 0 Å². The lowest BCUT2D eigenvalue weighted by atomic mass is 9.99. The fraction of sp³-hybridized carbons (Fsp3) is 0.227. The third-order valence-corrected chi connectivity index (χ3v) is 6.57. The van der Waals surface area contributed by atoms with Crippen LogP contribution in [0.5, 0.6) is 0 Å². The van der Waals surface area contributed by atoms with Gasteiger partial charge in [-0.15, -0.1) is 11.3 Å². The summed E-state index contributed by atoms with van der Waals surface area (Å²) in [7, 11) is 0. The minimum absolute atomic E-state index is 0.291. The summed E-state index contributed by atoms with van der Waals surface area (Å²) in [6, 6.07) is 15.1. The fourth-order valence-electron chi connectivity index (χ4n) is 3.70. The van der Waals surface area contributed by atoms with Crippen molar-refractivity contribution in [2.45, 2.75) is 25.8 Å². The molecule has 5 heteroatoms. The third kappa shape index (κ3) is 3.08. The molecule has 0 amide bonds. The molecule has 0 aliphatic carbocycles. The number of anilines is 1. The number of aromatic nitrogens is 3. The molecular weight excluding hydrogens is 352 g/mol. The zero-order valence-corrected chi connectivity index (χ0v) is 16.0. The summed E-state index contributed by atoms with van der Waals surface area (Å²) in [6.45, 7) is 4.22. The lowest BCUT2D eigenvalue weighted by Gasteiger charge is -2.28. The van der Waals surface area contributed by atoms with Gasteiger partial charge in [0, 0.05) is 42.5 Å². The molecule has 2 aromatic heterocycles. The molecule has 4 nitrogen and oxygen atoms in total. The SMILES string of the molecule is CC(c1ccc2nccnc2c1)c1cnc(N2CCc3ccccc3C2)s1. The van der Waals surface area contributed by atoms with Crippen molar-refractivity contribution < 1.29 is 0 Å². The van der Waals surface area contributed by atoms with Crippen LogP contribution >= 0.6 is 11.3 Å². The summed E-state index contributed by atoms with van der Waals surface area (Å²) < 4.78 is 0. The van der Waals surface area contributed by atoms with Crippen molar-refractivity contribution in [1.29, 1.82) is 0 Å². The van der Waals surface area contributed by atoms with E-state index in [0.717, 1.165) is 35.7 Å². The number of hydrogen-bond acceptors (Lipinski definition) is 5. The maximum atomic E-state index is 4.74. The molecule has 134 valence electrons. The first-order valence-electron chi connectivity index (χ1n) is 9.26. The number of thiazole rings is 1. The first-order valence-corrected chi connectivity index (χ1v) is 10.1. The zero-order chi connectivity index (χ0) is 18.2. The highest BCUT2D eigenvalue weighted by atomic mass is 32.1. The van der Waals surface area contributed by atoms with Crippen LogP contribution in [0, 0.1) is 0 Å². The van der Waals surface area contributed by atoms with Gasteiger partial charge < -0.3 is 4.90 Å². The Bertz CT molecular complexity index is 1100. The molecule has 2 aromatic carbocycles. The predicted octanol–water partition coefficient (Wildman–Crippen LogP) is 4.80. The van der Waals surface area contributed by atoms with Gasteiger partial charge in [-0.1, -0.05) is 37.3 Å². The lowest BCUT2D eigenvalue weighted by Crippen LogP contribution is -2.30. The van der Waals surface area contributed by atoms with Crippen molar-refractivity contribution in [3.63, 3.8) is 0 Å². The van der Waals surface area contributed by atoms with Gasteiger partial charge in [-0.2, -0.15) is 0 Å². The largest absolute Gasteiger partial charge is 0.343 e. The van der Waals surface area contributed by atoms with E-state index in [1.807, 2.05) is 6.20 Å². The van der Waals surface area contributed by atoms with Gasteiger partial charge in [-0.25, -0.2) is 4.98 Å². The van der Waals surface area contributed by atoms with Crippen LogP contribution in [-0.4, -0.2) is 21.5 Å². The van der Waals surface area contributed by atoms with E-state index in [-0.39, 0.29) is 0 Å². The van der Waals surface area contributed by atoms with E-state index in [1.54, 1.807) is 23.7 Å². The highest BCUT2D eigenvalue weighted by molar-refractivity contribution is 7.15. The van der Waals surface area contributed by atoms with Crippen LogP contribution in [0.15, 0.2) is 61.1 Å². The summed E-state index contributed by atoms with van der Waals surface area (Å²) in [6.07, 6.45) is 6.60. The van der Waals surface area contributed by atoms with Crippen LogP contribution in [0.4, 0.5) is 5.13 Å². The topological polar surface area (TPSA) is 41.9 Å². The van der Waals surface area contributed by atoms with Crippen molar-refractivity contribution in [2.75, 3.05) is 11.4 Å². The summed E-state index contributed by atoms with van der Waals surface area (Å²) in [5.41, 5.74) is 6.02. The Kier molecular flexibility index (Phi) is 4.09. The van der Waals surface area contributed by atoms with Gasteiger partial charge in [0.15, 0.2) is 5.13 Å². The van der Waals surface area contributed by atoms with Crippen molar-refractivity contribution in [3.05, 3.63) is 82.6 Å². The Morgan fingerprint density at radius 3 is 2.67 bits per heavy atom. The molecule has 0 radical (unpaired) electrons. The Balaban J connectivity index is 1.40. The van der Waals surface area contributed by atoms with E-state index in [1.165, 1.54) is 21.6 Å². The molecule has 5 rings (SSSR count). The summed E-state index contributed by atoms with van der Waals surface area (Å²) in [5.74, 6) is 0.291. The molecule has 0 bridgehead atoms. The molecule has 1 unspecified atom stereocenters. The van der Waals surface area contributed by atoms with Crippen molar-refractivity contribution >= 4 is 27.5 Å². The molecule has 1 aliphatic rings. The number of nitrogens with zero attached hydrogens (tertiary/aromatic N) is 4. The zero-order valence-electron chi connectivity index (χ0n) is 15.2. The fourth-order valence-corrected chi connectivity index (χ4v) is 4.72. The molecule has 3 heterocycles.